The molecular weight excluding hydrogens is 233 g/mol. The molecule has 0 aromatic heterocycles. The largest absolute Gasteiger partial charge is 0.383 e. The summed E-state index contributed by atoms with van der Waals surface area (Å²) >= 11 is 1.91. The topological polar surface area (TPSA) is 69.2 Å². The molecule has 0 N–H and O–H groups in total. The van der Waals surface area contributed by atoms with Gasteiger partial charge in [-0.15, -0.1) is 0 Å². The van der Waals surface area contributed by atoms with Crippen LogP contribution in [0.15, 0.2) is 5.16 Å². The molecule has 9 heavy (non-hydrogen) atoms. The molecule has 0 aliphatic heterocycles. The second kappa shape index (κ2) is 5.32. The fraction of sp³-hybridized carbons (Fsp3) is 0.250. The van der Waals surface area contributed by atoms with E-state index in [4.69, 9.17) is 10.5 Å². The van der Waals surface area contributed by atoms with Crippen molar-refractivity contribution in [1.82, 2.24) is 0 Å². The number of nitrogens with zero attached hydrogens (tertiary/aromatic N) is 3. The predicted octanol–water partition coefficient (Wildman–Crippen LogP) is 0.799. The first-order valence-electron chi connectivity index (χ1n) is 1.91. The van der Waals surface area contributed by atoms with Gasteiger partial charge in [-0.1, -0.05) is 5.16 Å². The Balaban J connectivity index is 3.85. The Labute approximate surface area is 65.8 Å². The maximum Gasteiger partial charge on any atom is 0.256 e. The van der Waals surface area contributed by atoms with Gasteiger partial charge in [-0.05, 0) is 22.6 Å². The normalized spacial score (nSPS) is 6.56. The lowest BCUT2D eigenvalue weighted by molar-refractivity contribution is 0.206. The second-order valence-electron chi connectivity index (χ2n) is 0.902. The van der Waals surface area contributed by atoms with E-state index in [1.165, 1.54) is 0 Å². The zero-order valence-corrected chi connectivity index (χ0v) is 6.49. The van der Waals surface area contributed by atoms with Crippen molar-refractivity contribution in [3.63, 3.8) is 0 Å². The predicted molar refractivity (Wildman–Crippen MR) is 38.6 cm³/mol. The van der Waals surface area contributed by atoms with Crippen molar-refractivity contribution in [2.24, 2.45) is 5.16 Å². The summed E-state index contributed by atoms with van der Waals surface area (Å²) < 4.78 is 0.338. The van der Waals surface area contributed by atoms with Crippen LogP contribution in [-0.4, -0.2) is 10.3 Å². The van der Waals surface area contributed by atoms with E-state index >= 15 is 0 Å². The first kappa shape index (κ1) is 8.18. The van der Waals surface area contributed by atoms with Gasteiger partial charge in [-0.3, -0.25) is 0 Å². The number of hydrogen-bond acceptors (Lipinski definition) is 4. The summed E-state index contributed by atoms with van der Waals surface area (Å²) in [7, 11) is 0. The molecule has 0 aliphatic rings. The zero-order chi connectivity index (χ0) is 7.11. The van der Waals surface area contributed by atoms with E-state index in [0.717, 1.165) is 0 Å². The van der Waals surface area contributed by atoms with Gasteiger partial charge in [-0.25, -0.2) is 0 Å². The van der Waals surface area contributed by atoms with Gasteiger partial charge in [0.15, 0.2) is 4.61 Å². The average Bonchev–Trinajstić information content (AvgIpc) is 1.91. The van der Waals surface area contributed by atoms with Gasteiger partial charge in [0.1, 0.15) is 12.1 Å². The van der Waals surface area contributed by atoms with Crippen LogP contribution < -0.4 is 0 Å². The first-order valence-corrected chi connectivity index (χ1v) is 3.43. The zero-order valence-electron chi connectivity index (χ0n) is 4.33. The molecule has 0 aromatic carbocycles. The minimum Gasteiger partial charge on any atom is -0.383 e. The number of hydrogen-bond donors (Lipinski definition) is 0. The van der Waals surface area contributed by atoms with Gasteiger partial charge in [0.05, 0.1) is 0 Å². The lowest BCUT2D eigenvalue weighted by atomic mass is 10.5. The fourth-order valence-electron chi connectivity index (χ4n) is 0.155. The Morgan fingerprint density at radius 1 is 1.56 bits per heavy atom. The number of oxime groups is 1. The highest BCUT2D eigenvalue weighted by molar-refractivity contribution is 14.1. The highest BCUT2D eigenvalue weighted by atomic mass is 127. The van der Waals surface area contributed by atoms with Crippen LogP contribution in [0.5, 0.6) is 0 Å². The van der Waals surface area contributed by atoms with Crippen LogP contribution >= 0.6 is 22.6 Å². The van der Waals surface area contributed by atoms with Crippen LogP contribution in [-0.2, 0) is 4.84 Å². The van der Waals surface area contributed by atoms with Crippen molar-refractivity contribution >= 4 is 28.3 Å². The molecule has 0 rings (SSSR count). The van der Waals surface area contributed by atoms with Gasteiger partial charge in [0, 0.05) is 0 Å². The molecule has 0 aromatic rings. The van der Waals surface area contributed by atoms with Crippen molar-refractivity contribution in [2.45, 2.75) is 0 Å². The molecule has 0 bridgehead atoms. The van der Waals surface area contributed by atoms with Crippen LogP contribution in [0.25, 0.3) is 0 Å². The number of rotatable bonds is 2. The van der Waals surface area contributed by atoms with Crippen LogP contribution in [0.3, 0.4) is 0 Å². The third kappa shape index (κ3) is 3.74. The van der Waals surface area contributed by atoms with E-state index in [1.54, 1.807) is 12.1 Å². The van der Waals surface area contributed by atoms with E-state index in [1.807, 2.05) is 22.6 Å². The van der Waals surface area contributed by atoms with E-state index in [2.05, 4.69) is 9.99 Å². The van der Waals surface area contributed by atoms with E-state index in [9.17, 15) is 0 Å². The number of halogens is 1. The maximum absolute atomic E-state index is 8.07. The molecule has 0 unspecified atom stereocenters. The summed E-state index contributed by atoms with van der Waals surface area (Å²) in [6.07, 6.45) is 0. The molecule has 0 aliphatic carbocycles. The molecule has 4 nitrogen and oxygen atoms in total. The van der Waals surface area contributed by atoms with Gasteiger partial charge in [0.2, 0.25) is 0 Å². The fourth-order valence-corrected chi connectivity index (χ4v) is 0.294. The maximum atomic E-state index is 8.07. The molecule has 0 fully saturated rings. The second-order valence-corrected chi connectivity index (χ2v) is 1.52. The van der Waals surface area contributed by atoms with Gasteiger partial charge in [-0.2, -0.15) is 10.5 Å². The molecule has 0 spiro atoms. The smallest absolute Gasteiger partial charge is 0.256 e. The molecule has 0 atom stereocenters. The minimum absolute atomic E-state index is 0.258. The quantitative estimate of drug-likeness (QED) is 0.307. The van der Waals surface area contributed by atoms with Crippen molar-refractivity contribution in [3.05, 3.63) is 0 Å². The lowest BCUT2D eigenvalue weighted by Crippen LogP contribution is -1.89. The van der Waals surface area contributed by atoms with Gasteiger partial charge in [0.25, 0.3) is 5.71 Å². The summed E-state index contributed by atoms with van der Waals surface area (Å²) in [5.74, 6) is 0. The number of alkyl halides is 1. The average molecular weight is 235 g/mol. The summed E-state index contributed by atoms with van der Waals surface area (Å²) in [6, 6.07) is 3.09. The highest BCUT2D eigenvalue weighted by Crippen LogP contribution is 1.84. The summed E-state index contributed by atoms with van der Waals surface area (Å²) in [5, 5.41) is 19.3. The molecule has 46 valence electrons. The molecular formula is C4H2IN3O. The van der Waals surface area contributed by atoms with Crippen LogP contribution in [0, 0.1) is 22.7 Å². The molecule has 5 heteroatoms. The van der Waals surface area contributed by atoms with Crippen LogP contribution in [0.1, 0.15) is 0 Å². The highest BCUT2D eigenvalue weighted by Gasteiger charge is 1.90. The van der Waals surface area contributed by atoms with Crippen molar-refractivity contribution in [2.75, 3.05) is 4.61 Å². The lowest BCUT2D eigenvalue weighted by Gasteiger charge is -1.85. The first-order chi connectivity index (χ1) is 4.35. The molecule has 0 amide bonds. The Morgan fingerprint density at radius 3 is 2.44 bits per heavy atom. The molecule has 0 heterocycles. The third-order valence-corrected chi connectivity index (χ3v) is 0.695. The van der Waals surface area contributed by atoms with Gasteiger partial charge < -0.3 is 4.84 Å². The van der Waals surface area contributed by atoms with Crippen molar-refractivity contribution in [1.29, 1.82) is 10.5 Å². The summed E-state index contributed by atoms with van der Waals surface area (Å²) in [5.41, 5.74) is -0.258. The molecule has 0 saturated heterocycles. The van der Waals surface area contributed by atoms with E-state index in [-0.39, 0.29) is 5.71 Å². The Bertz CT molecular complexity index is 171. The summed E-state index contributed by atoms with van der Waals surface area (Å²) in [6.45, 7) is 0. The SMILES string of the molecule is N#CC(C#N)=NOCI. The molecule has 0 saturated carbocycles. The minimum atomic E-state index is -0.258. The Kier molecular flexibility index (Phi) is 4.83. The standard InChI is InChI=1S/C4H2IN3O/c5-3-9-8-4(1-6)2-7/h3H2. The van der Waals surface area contributed by atoms with Crippen LogP contribution in [0.4, 0.5) is 0 Å². The van der Waals surface area contributed by atoms with E-state index in [0.29, 0.717) is 4.61 Å². The third-order valence-electron chi connectivity index (χ3n) is 0.416. The van der Waals surface area contributed by atoms with E-state index < -0.39 is 0 Å². The van der Waals surface area contributed by atoms with Gasteiger partial charge >= 0.3 is 0 Å². The van der Waals surface area contributed by atoms with Crippen molar-refractivity contribution in [3.8, 4) is 12.1 Å². The van der Waals surface area contributed by atoms with Crippen LogP contribution in [0.2, 0.25) is 0 Å². The van der Waals surface area contributed by atoms with Crippen molar-refractivity contribution < 1.29 is 4.84 Å². The number of nitriles is 2. The Hall–Kier alpha value is -0.820. The monoisotopic (exact) mass is 235 g/mol. The Morgan fingerprint density at radius 2 is 2.11 bits per heavy atom. The molecule has 0 radical (unpaired) electrons. The summed E-state index contributed by atoms with van der Waals surface area (Å²) in [4.78, 5) is 4.41.